The summed E-state index contributed by atoms with van der Waals surface area (Å²) in [7, 11) is 3.38. The van der Waals surface area contributed by atoms with Gasteiger partial charge in [0.15, 0.2) is 0 Å². The van der Waals surface area contributed by atoms with Crippen molar-refractivity contribution >= 4 is 34.8 Å². The number of benzene rings is 2. The Labute approximate surface area is 162 Å². The summed E-state index contributed by atoms with van der Waals surface area (Å²) in [4.78, 5) is 23.4. The van der Waals surface area contributed by atoms with Gasteiger partial charge in [0.1, 0.15) is 11.4 Å². The van der Waals surface area contributed by atoms with Crippen molar-refractivity contribution in [2.75, 3.05) is 24.4 Å². The van der Waals surface area contributed by atoms with Crippen LogP contribution in [0.15, 0.2) is 54.6 Å². The molecule has 2 aromatic carbocycles. The summed E-state index contributed by atoms with van der Waals surface area (Å²) in [5.41, 5.74) is 2.34. The first-order valence-corrected chi connectivity index (χ1v) is 8.65. The van der Waals surface area contributed by atoms with Crippen molar-refractivity contribution in [3.8, 4) is 5.75 Å². The molecule has 0 aliphatic carbocycles. The van der Waals surface area contributed by atoms with E-state index in [-0.39, 0.29) is 11.6 Å². The molecule has 0 aliphatic rings. The second-order valence-electron chi connectivity index (χ2n) is 5.89. The molecule has 1 N–H and O–H groups in total. The van der Waals surface area contributed by atoms with Crippen LogP contribution in [0.3, 0.4) is 0 Å². The highest BCUT2D eigenvalue weighted by atomic mass is 35.5. The number of carbonyl (C=O) groups excluding carboxylic acids is 1. The number of aromatic nitrogens is 2. The Kier molecular flexibility index (Phi) is 5.57. The molecule has 0 fully saturated rings. The average molecular weight is 383 g/mol. The van der Waals surface area contributed by atoms with Crippen LogP contribution in [0.1, 0.15) is 16.2 Å². The van der Waals surface area contributed by atoms with Gasteiger partial charge in [0.05, 0.1) is 12.8 Å². The number of para-hydroxylation sites is 1. The van der Waals surface area contributed by atoms with Gasteiger partial charge >= 0.3 is 0 Å². The van der Waals surface area contributed by atoms with Crippen molar-refractivity contribution < 1.29 is 9.53 Å². The van der Waals surface area contributed by atoms with E-state index in [1.807, 2.05) is 49.2 Å². The van der Waals surface area contributed by atoms with Crippen molar-refractivity contribution in [3.63, 3.8) is 0 Å². The number of carbonyl (C=O) groups is 1. The van der Waals surface area contributed by atoms with Gasteiger partial charge in [-0.2, -0.15) is 0 Å². The summed E-state index contributed by atoms with van der Waals surface area (Å²) >= 11 is 6.02. The number of aryl methyl sites for hydroxylation is 1. The van der Waals surface area contributed by atoms with Crippen LogP contribution in [-0.4, -0.2) is 30.0 Å². The predicted octanol–water partition coefficient (Wildman–Crippen LogP) is 4.47. The molecule has 6 nitrogen and oxygen atoms in total. The lowest BCUT2D eigenvalue weighted by Crippen LogP contribution is -2.19. The van der Waals surface area contributed by atoms with E-state index in [1.165, 1.54) is 7.11 Å². The topological polar surface area (TPSA) is 67.3 Å². The zero-order valence-electron chi connectivity index (χ0n) is 15.2. The molecule has 3 rings (SSSR count). The highest BCUT2D eigenvalue weighted by Crippen LogP contribution is 2.28. The first kappa shape index (κ1) is 18.7. The van der Waals surface area contributed by atoms with Crippen molar-refractivity contribution in [3.05, 3.63) is 71.0 Å². The molecule has 0 atom stereocenters. The van der Waals surface area contributed by atoms with Gasteiger partial charge in [-0.1, -0.05) is 29.8 Å². The highest BCUT2D eigenvalue weighted by Gasteiger charge is 2.16. The molecule has 138 valence electrons. The lowest BCUT2D eigenvalue weighted by molar-refractivity contribution is 0.102. The van der Waals surface area contributed by atoms with Gasteiger partial charge in [0.2, 0.25) is 5.95 Å². The van der Waals surface area contributed by atoms with Crippen LogP contribution in [0.4, 0.5) is 17.3 Å². The summed E-state index contributed by atoms with van der Waals surface area (Å²) < 4.78 is 5.27. The summed E-state index contributed by atoms with van der Waals surface area (Å²) in [5, 5.41) is 3.29. The van der Waals surface area contributed by atoms with E-state index in [0.717, 1.165) is 5.69 Å². The number of amides is 1. The standard InChI is InChI=1S/C20H19ClN4O2/c1-13-11-17(19(26)23-16-12-14(21)9-10-18(16)27-3)24-20(22-13)25(2)15-7-5-4-6-8-15/h4-12H,1-3H3,(H,23,26). The first-order valence-electron chi connectivity index (χ1n) is 8.27. The summed E-state index contributed by atoms with van der Waals surface area (Å²) in [6.45, 7) is 1.82. The Morgan fingerprint density at radius 2 is 1.85 bits per heavy atom. The fourth-order valence-electron chi connectivity index (χ4n) is 2.55. The van der Waals surface area contributed by atoms with E-state index in [9.17, 15) is 4.79 Å². The van der Waals surface area contributed by atoms with Gasteiger partial charge in [-0.05, 0) is 43.3 Å². The van der Waals surface area contributed by atoms with Crippen molar-refractivity contribution in [1.82, 2.24) is 9.97 Å². The third kappa shape index (κ3) is 4.35. The Morgan fingerprint density at radius 1 is 1.11 bits per heavy atom. The maximum Gasteiger partial charge on any atom is 0.274 e. The van der Waals surface area contributed by atoms with E-state index in [2.05, 4.69) is 15.3 Å². The van der Waals surface area contributed by atoms with Crippen LogP contribution in [0.2, 0.25) is 5.02 Å². The monoisotopic (exact) mass is 382 g/mol. The lowest BCUT2D eigenvalue weighted by Gasteiger charge is -2.18. The van der Waals surface area contributed by atoms with E-state index >= 15 is 0 Å². The molecular formula is C20H19ClN4O2. The van der Waals surface area contributed by atoms with Gasteiger partial charge in [0, 0.05) is 23.5 Å². The number of halogens is 1. The fraction of sp³-hybridized carbons (Fsp3) is 0.150. The number of hydrogen-bond acceptors (Lipinski definition) is 5. The van der Waals surface area contributed by atoms with Gasteiger partial charge in [-0.25, -0.2) is 9.97 Å². The molecule has 0 spiro atoms. The van der Waals surface area contributed by atoms with Crippen LogP contribution in [0.25, 0.3) is 0 Å². The molecule has 1 amide bonds. The van der Waals surface area contributed by atoms with E-state index in [4.69, 9.17) is 16.3 Å². The first-order chi connectivity index (χ1) is 13.0. The molecule has 0 saturated carbocycles. The molecule has 1 aromatic heterocycles. The minimum absolute atomic E-state index is 0.252. The SMILES string of the molecule is COc1ccc(Cl)cc1NC(=O)c1cc(C)nc(N(C)c2ccccc2)n1. The number of nitrogens with zero attached hydrogens (tertiary/aromatic N) is 3. The van der Waals surface area contributed by atoms with Crippen LogP contribution < -0.4 is 15.0 Å². The molecule has 27 heavy (non-hydrogen) atoms. The largest absolute Gasteiger partial charge is 0.495 e. The highest BCUT2D eigenvalue weighted by molar-refractivity contribution is 6.31. The zero-order valence-corrected chi connectivity index (χ0v) is 16.0. The maximum atomic E-state index is 12.7. The van der Waals surface area contributed by atoms with Gasteiger partial charge in [0.25, 0.3) is 5.91 Å². The normalized spacial score (nSPS) is 10.4. The summed E-state index contributed by atoms with van der Waals surface area (Å²) in [6, 6.07) is 16.3. The number of methoxy groups -OCH3 is 1. The summed E-state index contributed by atoms with van der Waals surface area (Å²) in [6.07, 6.45) is 0. The minimum Gasteiger partial charge on any atom is -0.495 e. The predicted molar refractivity (Wildman–Crippen MR) is 107 cm³/mol. The summed E-state index contributed by atoms with van der Waals surface area (Å²) in [5.74, 6) is 0.577. The minimum atomic E-state index is -0.372. The lowest BCUT2D eigenvalue weighted by atomic mass is 10.2. The molecule has 0 aliphatic heterocycles. The van der Waals surface area contributed by atoms with Gasteiger partial charge in [-0.15, -0.1) is 0 Å². The number of hydrogen-bond donors (Lipinski definition) is 1. The fourth-order valence-corrected chi connectivity index (χ4v) is 2.72. The smallest absolute Gasteiger partial charge is 0.274 e. The van der Waals surface area contributed by atoms with Gasteiger partial charge < -0.3 is 15.0 Å². The molecule has 7 heteroatoms. The number of rotatable bonds is 5. The van der Waals surface area contributed by atoms with Crippen LogP contribution in [-0.2, 0) is 0 Å². The second kappa shape index (κ2) is 8.05. The third-order valence-corrected chi connectivity index (χ3v) is 4.16. The molecular weight excluding hydrogens is 364 g/mol. The number of anilines is 3. The molecule has 0 saturated heterocycles. The van der Waals surface area contributed by atoms with Crippen molar-refractivity contribution in [1.29, 1.82) is 0 Å². The van der Waals surface area contributed by atoms with Crippen molar-refractivity contribution in [2.45, 2.75) is 6.92 Å². The van der Waals surface area contributed by atoms with E-state index < -0.39 is 0 Å². The quantitative estimate of drug-likeness (QED) is 0.705. The number of nitrogens with one attached hydrogen (secondary N) is 1. The van der Waals surface area contributed by atoms with E-state index in [1.54, 1.807) is 24.3 Å². The molecule has 0 bridgehead atoms. The third-order valence-electron chi connectivity index (χ3n) is 3.93. The van der Waals surface area contributed by atoms with Crippen LogP contribution in [0, 0.1) is 6.92 Å². The molecule has 0 radical (unpaired) electrons. The van der Waals surface area contributed by atoms with Crippen molar-refractivity contribution in [2.24, 2.45) is 0 Å². The Morgan fingerprint density at radius 3 is 2.56 bits per heavy atom. The molecule has 1 heterocycles. The van der Waals surface area contributed by atoms with E-state index in [0.29, 0.717) is 28.1 Å². The Balaban J connectivity index is 1.90. The zero-order chi connectivity index (χ0) is 19.4. The average Bonchev–Trinajstić information content (AvgIpc) is 2.67. The second-order valence-corrected chi connectivity index (χ2v) is 6.32. The molecule has 0 unspecified atom stereocenters. The Bertz CT molecular complexity index is 963. The Hall–Kier alpha value is -3.12. The number of ether oxygens (including phenoxy) is 1. The molecule has 3 aromatic rings. The van der Waals surface area contributed by atoms with Crippen LogP contribution in [0.5, 0.6) is 5.75 Å². The van der Waals surface area contributed by atoms with Gasteiger partial charge in [-0.3, -0.25) is 4.79 Å². The maximum absolute atomic E-state index is 12.7. The van der Waals surface area contributed by atoms with Crippen LogP contribution >= 0.6 is 11.6 Å².